The summed E-state index contributed by atoms with van der Waals surface area (Å²) in [6.45, 7) is 8.64. The van der Waals surface area contributed by atoms with E-state index in [1.54, 1.807) is 0 Å². The van der Waals surface area contributed by atoms with Gasteiger partial charge in [-0.3, -0.25) is 0 Å². The van der Waals surface area contributed by atoms with Crippen molar-refractivity contribution in [3.63, 3.8) is 0 Å². The molecule has 1 N–H and O–H groups in total. The summed E-state index contributed by atoms with van der Waals surface area (Å²) >= 11 is 0. The summed E-state index contributed by atoms with van der Waals surface area (Å²) in [7, 11) is -2.55. The zero-order valence-corrected chi connectivity index (χ0v) is 33.1. The molecule has 0 amide bonds. The number of hydrogen-bond acceptors (Lipinski definition) is 2. The molecule has 0 bridgehead atoms. The van der Waals surface area contributed by atoms with Gasteiger partial charge in [-0.15, -0.1) is 0 Å². The normalized spacial score (nSPS) is 18.7. The van der Waals surface area contributed by atoms with Crippen molar-refractivity contribution in [2.45, 2.75) is 31.7 Å². The molecule has 2 nitrogen and oxygen atoms in total. The van der Waals surface area contributed by atoms with E-state index in [0.717, 1.165) is 42.8 Å². The molecule has 4 aromatic rings. The first-order chi connectivity index (χ1) is 27.7. The third kappa shape index (κ3) is 8.81. The molecule has 0 radical (unpaired) electrons. The average molecular weight is 743 g/mol. The predicted octanol–water partition coefficient (Wildman–Crippen LogP) is 11.4. The second-order valence-corrected chi connectivity index (χ2v) is 18.2. The van der Waals surface area contributed by atoms with E-state index in [-0.39, 0.29) is 12.0 Å². The minimum absolute atomic E-state index is 0.00152. The fraction of sp³-hybridized carbons (Fsp3) is 0.113. The summed E-state index contributed by atoms with van der Waals surface area (Å²) in [6.07, 6.45) is 36.8. The fourth-order valence-electron chi connectivity index (χ4n) is 7.95. The van der Waals surface area contributed by atoms with Crippen LogP contribution in [0.1, 0.15) is 36.8 Å². The quantitative estimate of drug-likeness (QED) is 0.0776. The summed E-state index contributed by atoms with van der Waals surface area (Å²) < 4.78 is 0. The lowest BCUT2D eigenvalue weighted by Crippen LogP contribution is -2.61. The highest BCUT2D eigenvalue weighted by Gasteiger charge is 2.42. The number of allylic oxidation sites excluding steroid dienone is 16. The minimum atomic E-state index is -2.55. The Balaban J connectivity index is 1.20. The molecule has 0 fully saturated rings. The number of rotatable bonds is 14. The van der Waals surface area contributed by atoms with Gasteiger partial charge in [-0.25, -0.2) is 4.99 Å². The van der Waals surface area contributed by atoms with Crippen molar-refractivity contribution in [2.75, 3.05) is 0 Å². The Hall–Kier alpha value is -6.29. The SMILES string of the molecule is C=C/C=C\C/C=C/C1C=C(c2ccccc2)N=C(C2=C(c3ccccc3)C=C[C@H](/C=C/C=C\C(=C)[Si](C3=CC=CCC3)(c3ccccc3)c3ccccc3)C2)N1. The molecule has 1 heterocycles. The molecule has 276 valence electrons. The Bertz CT molecular complexity index is 2260. The monoisotopic (exact) mass is 742 g/mol. The maximum Gasteiger partial charge on any atom is 0.175 e. The van der Waals surface area contributed by atoms with Crippen molar-refractivity contribution in [3.05, 3.63) is 253 Å². The molecule has 7 rings (SSSR count). The highest BCUT2D eigenvalue weighted by molar-refractivity contribution is 7.12. The molecule has 1 aliphatic heterocycles. The summed E-state index contributed by atoms with van der Waals surface area (Å²) in [5, 5.41) is 9.22. The number of nitrogens with zero attached hydrogens (tertiary/aromatic N) is 1. The first kappa shape index (κ1) is 38.0. The molecule has 0 saturated carbocycles. The highest BCUT2D eigenvalue weighted by atomic mass is 28.3. The van der Waals surface area contributed by atoms with Crippen LogP contribution in [0.5, 0.6) is 0 Å². The molecule has 4 aromatic carbocycles. The average Bonchev–Trinajstić information content (AvgIpc) is 3.27. The van der Waals surface area contributed by atoms with E-state index in [0.29, 0.717) is 0 Å². The van der Waals surface area contributed by atoms with Gasteiger partial charge in [0.1, 0.15) is 5.84 Å². The highest BCUT2D eigenvalue weighted by Crippen LogP contribution is 2.34. The van der Waals surface area contributed by atoms with Crippen LogP contribution in [0.4, 0.5) is 0 Å². The van der Waals surface area contributed by atoms with Gasteiger partial charge in [0.05, 0.1) is 11.7 Å². The number of amidine groups is 1. The van der Waals surface area contributed by atoms with Crippen molar-refractivity contribution in [1.29, 1.82) is 0 Å². The maximum atomic E-state index is 5.30. The van der Waals surface area contributed by atoms with Crippen molar-refractivity contribution < 1.29 is 0 Å². The first-order valence-electron chi connectivity index (χ1n) is 19.7. The lowest BCUT2D eigenvalue weighted by molar-refractivity contribution is 0.787. The van der Waals surface area contributed by atoms with Gasteiger partial charge in [-0.2, -0.15) is 0 Å². The van der Waals surface area contributed by atoms with E-state index < -0.39 is 8.07 Å². The van der Waals surface area contributed by atoms with E-state index >= 15 is 0 Å². The Labute approximate surface area is 334 Å². The van der Waals surface area contributed by atoms with Crippen LogP contribution in [0.25, 0.3) is 11.3 Å². The van der Waals surface area contributed by atoms with Crippen LogP contribution in [0.15, 0.2) is 247 Å². The Morgan fingerprint density at radius 3 is 2.07 bits per heavy atom. The van der Waals surface area contributed by atoms with E-state index in [4.69, 9.17) is 11.6 Å². The van der Waals surface area contributed by atoms with E-state index in [2.05, 4.69) is 212 Å². The van der Waals surface area contributed by atoms with E-state index in [1.165, 1.54) is 37.5 Å². The number of hydrogen-bond donors (Lipinski definition) is 1. The van der Waals surface area contributed by atoms with Crippen molar-refractivity contribution in [2.24, 2.45) is 10.9 Å². The molecule has 0 aromatic heterocycles. The Kier molecular flexibility index (Phi) is 12.8. The smallest absolute Gasteiger partial charge is 0.175 e. The van der Waals surface area contributed by atoms with Crippen LogP contribution in [0.3, 0.4) is 0 Å². The third-order valence-corrected chi connectivity index (χ3v) is 15.5. The molecule has 2 aliphatic carbocycles. The Morgan fingerprint density at radius 2 is 1.43 bits per heavy atom. The van der Waals surface area contributed by atoms with Crippen LogP contribution in [-0.2, 0) is 0 Å². The molecule has 0 saturated heterocycles. The van der Waals surface area contributed by atoms with Gasteiger partial charge in [-0.1, -0.05) is 230 Å². The standard InChI is InChI=1S/C53H50N2Si/c1-3-4-5-6-16-31-46-41-52(45-29-14-8-15-30-45)55-53(54-46)51-40-43(38-39-50(51)44-27-12-7-13-28-44)26-24-23-25-42(2)56(47-32-17-9-18-33-47,48-34-19-10-20-35-48)49-36-21-11-22-37-49/h3-5,7-21,23-36,38-39,41,43,46H,1-2,6,22,37,40H2,(H,54,55)/b5-4-,25-23-,26-24+,31-16+/t43-,46?/m0/s1. The molecule has 3 heteroatoms. The van der Waals surface area contributed by atoms with Gasteiger partial charge in [0.2, 0.25) is 0 Å². The Morgan fingerprint density at radius 1 is 0.768 bits per heavy atom. The van der Waals surface area contributed by atoms with Crippen LogP contribution < -0.4 is 15.7 Å². The van der Waals surface area contributed by atoms with Gasteiger partial charge in [0.15, 0.2) is 8.07 Å². The van der Waals surface area contributed by atoms with Gasteiger partial charge in [0, 0.05) is 5.57 Å². The van der Waals surface area contributed by atoms with E-state index in [1.807, 2.05) is 12.2 Å². The molecular formula is C53H50N2Si. The molecule has 3 aliphatic rings. The van der Waals surface area contributed by atoms with Crippen molar-refractivity contribution in [3.8, 4) is 0 Å². The molecular weight excluding hydrogens is 693 g/mol. The molecule has 0 spiro atoms. The molecule has 56 heavy (non-hydrogen) atoms. The predicted molar refractivity (Wildman–Crippen MR) is 244 cm³/mol. The van der Waals surface area contributed by atoms with Gasteiger partial charge in [0.25, 0.3) is 0 Å². The summed E-state index contributed by atoms with van der Waals surface area (Å²) in [5.74, 6) is 1.12. The van der Waals surface area contributed by atoms with Crippen LogP contribution in [0.2, 0.25) is 0 Å². The molecule has 2 atom stereocenters. The lowest BCUT2D eigenvalue weighted by atomic mass is 9.85. The third-order valence-electron chi connectivity index (χ3n) is 10.6. The molecule has 1 unspecified atom stereocenters. The van der Waals surface area contributed by atoms with E-state index in [9.17, 15) is 0 Å². The van der Waals surface area contributed by atoms with Crippen molar-refractivity contribution in [1.82, 2.24) is 5.32 Å². The number of aliphatic imine (C=N–C) groups is 1. The second kappa shape index (κ2) is 18.8. The van der Waals surface area contributed by atoms with Crippen LogP contribution in [0, 0.1) is 5.92 Å². The van der Waals surface area contributed by atoms with Gasteiger partial charge >= 0.3 is 0 Å². The topological polar surface area (TPSA) is 24.4 Å². The van der Waals surface area contributed by atoms with Crippen molar-refractivity contribution >= 4 is 35.6 Å². The van der Waals surface area contributed by atoms with Crippen LogP contribution in [-0.4, -0.2) is 20.0 Å². The summed E-state index contributed by atoms with van der Waals surface area (Å²) in [6, 6.07) is 43.3. The number of benzene rings is 4. The largest absolute Gasteiger partial charge is 0.360 e. The van der Waals surface area contributed by atoms with Crippen LogP contribution >= 0.6 is 0 Å². The second-order valence-electron chi connectivity index (χ2n) is 14.3. The van der Waals surface area contributed by atoms with Gasteiger partial charge in [-0.05, 0) is 64.8 Å². The zero-order valence-electron chi connectivity index (χ0n) is 32.1. The lowest BCUT2D eigenvalue weighted by Gasteiger charge is -2.37. The number of nitrogens with one attached hydrogen (secondary N) is 1. The summed E-state index contributed by atoms with van der Waals surface area (Å²) in [4.78, 5) is 5.30. The fourth-order valence-corrected chi connectivity index (χ4v) is 12.8. The maximum absolute atomic E-state index is 5.30. The van der Waals surface area contributed by atoms with Gasteiger partial charge < -0.3 is 5.32 Å². The first-order valence-corrected chi connectivity index (χ1v) is 21.7. The minimum Gasteiger partial charge on any atom is -0.360 e. The summed E-state index contributed by atoms with van der Waals surface area (Å²) in [5.41, 5.74) is 5.69. The zero-order chi connectivity index (χ0) is 38.4.